The summed E-state index contributed by atoms with van der Waals surface area (Å²) in [5, 5.41) is 62.8. The Labute approximate surface area is 372 Å². The van der Waals surface area contributed by atoms with Crippen LogP contribution in [0, 0.1) is 0 Å². The van der Waals surface area contributed by atoms with Gasteiger partial charge in [-0.25, -0.2) is 8.93 Å². The number of hydrogen-bond donors (Lipinski definition) is 7. The Morgan fingerprint density at radius 2 is 0.850 bits per heavy atom. The number of nitrogens with one attached hydrogen (secondary N) is 1. The van der Waals surface area contributed by atoms with Gasteiger partial charge in [0.25, 0.3) is 0 Å². The van der Waals surface area contributed by atoms with E-state index in [1.807, 2.05) is 0 Å². The van der Waals surface area contributed by atoms with Crippen LogP contribution in [-0.4, -0.2) is 96.8 Å². The lowest BCUT2D eigenvalue weighted by molar-refractivity contribution is -0.230. The number of ether oxygens (including phenoxy) is 1. The molecule has 60 heavy (non-hydrogen) atoms. The summed E-state index contributed by atoms with van der Waals surface area (Å²) in [6.45, 7) is 4.31. The molecule has 1 rings (SSSR count). The lowest BCUT2D eigenvalue weighted by atomic mass is 9.90. The minimum Gasteiger partial charge on any atom is -0.394 e. The van der Waals surface area contributed by atoms with Gasteiger partial charge in [0, 0.05) is 0 Å². The number of aliphatic hydroxyl groups excluding tert-OH is 6. The molecule has 0 aromatic rings. The van der Waals surface area contributed by atoms with Gasteiger partial charge in [-0.3, -0.25) is 4.18 Å². The van der Waals surface area contributed by atoms with Gasteiger partial charge in [0.15, 0.2) is 0 Å². The van der Waals surface area contributed by atoms with Gasteiger partial charge in [0.1, 0.15) is 24.4 Å². The molecule has 11 heteroatoms. The van der Waals surface area contributed by atoms with Gasteiger partial charge in [-0.1, -0.05) is 226 Å². The lowest BCUT2D eigenvalue weighted by Crippen LogP contribution is -2.58. The lowest BCUT2D eigenvalue weighted by Gasteiger charge is -2.40. The molecule has 360 valence electrons. The highest BCUT2D eigenvalue weighted by Crippen LogP contribution is 2.26. The minimum absolute atomic E-state index is 0.123. The largest absolute Gasteiger partial charge is 0.394 e. The molecule has 0 aromatic carbocycles. The molecule has 10 nitrogen and oxygen atoms in total. The Morgan fingerprint density at radius 3 is 1.23 bits per heavy atom. The van der Waals surface area contributed by atoms with Gasteiger partial charge in [-0.2, -0.15) is 0 Å². The molecule has 0 radical (unpaired) electrons. The maximum atomic E-state index is 13.0. The van der Waals surface area contributed by atoms with Crippen molar-refractivity contribution in [2.24, 2.45) is 0 Å². The van der Waals surface area contributed by atoms with E-state index in [9.17, 15) is 34.8 Å². The van der Waals surface area contributed by atoms with E-state index in [1.54, 1.807) is 0 Å². The summed E-state index contributed by atoms with van der Waals surface area (Å²) < 4.78 is 27.1. The highest BCUT2D eigenvalue weighted by molar-refractivity contribution is 7.78. The Bertz CT molecular complexity index is 933. The van der Waals surface area contributed by atoms with E-state index in [4.69, 9.17) is 8.92 Å². The molecule has 0 bridgehead atoms. The highest BCUT2D eigenvalue weighted by Gasteiger charge is 2.43. The Hall–Kier alpha value is -0.210. The van der Waals surface area contributed by atoms with Gasteiger partial charge in [-0.05, 0) is 25.7 Å². The van der Waals surface area contributed by atoms with E-state index < -0.39 is 66.6 Å². The first-order valence-corrected chi connectivity index (χ1v) is 26.8. The monoisotopic (exact) mass is 878 g/mol. The van der Waals surface area contributed by atoms with Crippen molar-refractivity contribution in [1.82, 2.24) is 4.72 Å². The first kappa shape index (κ1) is 57.8. The molecular weight excluding hydrogens is 779 g/mol. The highest BCUT2D eigenvalue weighted by atomic mass is 32.2. The fraction of sp³-hybridized carbons (Fsp3) is 1.00. The Balaban J connectivity index is 2.26. The second kappa shape index (κ2) is 41.5. The van der Waals surface area contributed by atoms with E-state index >= 15 is 0 Å². The average molecular weight is 878 g/mol. The maximum absolute atomic E-state index is 13.0. The first-order valence-electron chi connectivity index (χ1n) is 25.7. The Morgan fingerprint density at radius 1 is 0.500 bits per heavy atom. The first-order chi connectivity index (χ1) is 29.3. The SMILES string of the molecule is CCCCCCCCCCCCCCCCCCCCCCCCOS(=O)NC(CC[C@H]1OC(CO)[C@H](O)C(O)C1O)C(O)C(O)CCCCCCCCCCCCCC. The van der Waals surface area contributed by atoms with Crippen LogP contribution in [0.4, 0.5) is 0 Å². The zero-order valence-electron chi connectivity index (χ0n) is 39.0. The van der Waals surface area contributed by atoms with Crippen LogP contribution in [0.15, 0.2) is 0 Å². The van der Waals surface area contributed by atoms with Crippen molar-refractivity contribution in [3.63, 3.8) is 0 Å². The van der Waals surface area contributed by atoms with Crippen molar-refractivity contribution in [3.05, 3.63) is 0 Å². The van der Waals surface area contributed by atoms with E-state index in [-0.39, 0.29) is 12.8 Å². The van der Waals surface area contributed by atoms with Crippen LogP contribution in [0.2, 0.25) is 0 Å². The molecule has 0 aliphatic carbocycles. The molecule has 9 atom stereocenters. The predicted octanol–water partition coefficient (Wildman–Crippen LogP) is 10.6. The van der Waals surface area contributed by atoms with Crippen molar-refractivity contribution in [2.75, 3.05) is 13.2 Å². The zero-order valence-corrected chi connectivity index (χ0v) is 39.8. The van der Waals surface area contributed by atoms with Gasteiger partial charge >= 0.3 is 0 Å². The standard InChI is InChI=1S/C49H99NO9S/c1-3-5-7-9-11-13-15-17-18-19-20-21-22-23-24-25-26-28-30-32-34-36-40-58-60(57)50-42(38-39-44-47(54)49(56)48(55)45(41-51)59-44)46(53)43(52)37-35-33-31-29-27-16-14-12-10-8-6-4-2/h42-56H,3-41H2,1-2H3/t42?,43?,44-,45?,46?,47?,48+,49?,60?/m1/s1. The summed E-state index contributed by atoms with van der Waals surface area (Å²) in [4.78, 5) is 0. The van der Waals surface area contributed by atoms with Crippen molar-refractivity contribution >= 4 is 11.3 Å². The van der Waals surface area contributed by atoms with E-state index in [0.29, 0.717) is 13.0 Å². The molecule has 1 heterocycles. The zero-order chi connectivity index (χ0) is 43.9. The van der Waals surface area contributed by atoms with Crippen molar-refractivity contribution in [2.45, 2.75) is 300 Å². The third kappa shape index (κ3) is 30.8. The summed E-state index contributed by atoms with van der Waals surface area (Å²) in [6.07, 6.45) is 35.5. The minimum atomic E-state index is -1.91. The van der Waals surface area contributed by atoms with Gasteiger partial charge < -0.3 is 35.4 Å². The maximum Gasteiger partial charge on any atom is 0.234 e. The number of unbranched alkanes of at least 4 members (excludes halogenated alkanes) is 32. The smallest absolute Gasteiger partial charge is 0.234 e. The molecular formula is C49H99NO9S. The molecule has 1 fully saturated rings. The van der Waals surface area contributed by atoms with Gasteiger partial charge in [-0.15, -0.1) is 0 Å². The molecule has 1 aliphatic rings. The van der Waals surface area contributed by atoms with Gasteiger partial charge in [0.05, 0.1) is 37.6 Å². The van der Waals surface area contributed by atoms with Crippen LogP contribution >= 0.6 is 0 Å². The molecule has 7 unspecified atom stereocenters. The van der Waals surface area contributed by atoms with Crippen molar-refractivity contribution in [1.29, 1.82) is 0 Å². The van der Waals surface area contributed by atoms with Crippen LogP contribution in [0.25, 0.3) is 0 Å². The van der Waals surface area contributed by atoms with Crippen LogP contribution in [0.3, 0.4) is 0 Å². The quantitative estimate of drug-likeness (QED) is 0.0294. The summed E-state index contributed by atoms with van der Waals surface area (Å²) >= 11 is -1.91. The second-order valence-corrected chi connectivity index (χ2v) is 19.3. The molecule has 0 spiro atoms. The topological polar surface area (TPSA) is 169 Å². The molecule has 0 aromatic heterocycles. The fourth-order valence-corrected chi connectivity index (χ4v) is 9.54. The summed E-state index contributed by atoms with van der Waals surface area (Å²) in [5.41, 5.74) is 0. The van der Waals surface area contributed by atoms with E-state index in [2.05, 4.69) is 18.6 Å². The second-order valence-electron chi connectivity index (χ2n) is 18.4. The predicted molar refractivity (Wildman–Crippen MR) is 249 cm³/mol. The summed E-state index contributed by atoms with van der Waals surface area (Å²) in [5.74, 6) is 0. The fourth-order valence-electron chi connectivity index (χ4n) is 8.70. The molecule has 7 N–H and O–H groups in total. The van der Waals surface area contributed by atoms with E-state index in [0.717, 1.165) is 38.5 Å². The number of hydrogen-bond acceptors (Lipinski definition) is 9. The molecule has 1 aliphatic heterocycles. The Kier molecular flexibility index (Phi) is 40.0. The van der Waals surface area contributed by atoms with Crippen LogP contribution in [0.1, 0.15) is 251 Å². The molecule has 0 amide bonds. The third-order valence-electron chi connectivity index (χ3n) is 12.8. The van der Waals surface area contributed by atoms with Crippen LogP contribution in [0.5, 0.6) is 0 Å². The van der Waals surface area contributed by atoms with E-state index in [1.165, 1.54) is 180 Å². The van der Waals surface area contributed by atoms with Crippen LogP contribution in [-0.2, 0) is 20.2 Å². The molecule has 1 saturated heterocycles. The molecule has 0 saturated carbocycles. The van der Waals surface area contributed by atoms with Gasteiger partial charge in [0.2, 0.25) is 11.3 Å². The number of aliphatic hydroxyl groups is 6. The summed E-state index contributed by atoms with van der Waals surface area (Å²) in [7, 11) is 0. The average Bonchev–Trinajstić information content (AvgIpc) is 3.25. The van der Waals surface area contributed by atoms with Crippen molar-refractivity contribution in [3.8, 4) is 0 Å². The summed E-state index contributed by atoms with van der Waals surface area (Å²) in [6, 6.07) is -0.838. The normalized spacial score (nSPS) is 21.6. The van der Waals surface area contributed by atoms with Crippen molar-refractivity contribution < 1.29 is 43.8 Å². The van der Waals surface area contributed by atoms with Crippen LogP contribution < -0.4 is 4.72 Å². The number of rotatable bonds is 45. The third-order valence-corrected chi connectivity index (χ3v) is 13.7.